The third-order valence-corrected chi connectivity index (χ3v) is 18.2. The van der Waals surface area contributed by atoms with Crippen LogP contribution in [0.5, 0.6) is 0 Å². The minimum Gasteiger partial charge on any atom is -0.481 e. The lowest BCUT2D eigenvalue weighted by Crippen LogP contribution is -2.62. The summed E-state index contributed by atoms with van der Waals surface area (Å²) in [5.41, 5.74) is 6.88. The molecule has 0 bridgehead atoms. The first-order valence-corrected chi connectivity index (χ1v) is 33.4. The van der Waals surface area contributed by atoms with Crippen LogP contribution in [0.1, 0.15) is 173 Å². The first kappa shape index (κ1) is 76.6. The molecule has 2 aliphatic carbocycles. The third kappa shape index (κ3) is 24.0. The van der Waals surface area contributed by atoms with Crippen molar-refractivity contribution in [2.45, 2.75) is 222 Å². The number of hydrogen-bond donors (Lipinski definition) is 14. The lowest BCUT2D eigenvalue weighted by molar-refractivity contribution is -0.144. The topological polar surface area (TPSA) is 428 Å². The molecule has 1 heterocycles. The van der Waals surface area contributed by atoms with Gasteiger partial charge in [-0.3, -0.25) is 57.5 Å². The molecule has 28 heteroatoms. The Balaban J connectivity index is 1.42. The molecular formula is C66H96N10O17S. The molecule has 11 atom stereocenters. The van der Waals surface area contributed by atoms with Crippen molar-refractivity contribution in [3.8, 4) is 0 Å². The van der Waals surface area contributed by atoms with Crippen LogP contribution in [0, 0.1) is 23.7 Å². The Morgan fingerprint density at radius 1 is 0.511 bits per heavy atom. The maximum absolute atomic E-state index is 15.3. The summed E-state index contributed by atoms with van der Waals surface area (Å²) in [5, 5.41) is 59.7. The highest BCUT2D eigenvalue weighted by molar-refractivity contribution is 7.80. The van der Waals surface area contributed by atoms with Crippen LogP contribution in [0.2, 0.25) is 0 Å². The summed E-state index contributed by atoms with van der Waals surface area (Å²) in [6.45, 7) is 7.02. The van der Waals surface area contributed by atoms with Crippen LogP contribution < -0.4 is 48.3 Å². The van der Waals surface area contributed by atoms with Crippen LogP contribution >= 0.6 is 12.6 Å². The summed E-state index contributed by atoms with van der Waals surface area (Å²) in [5.74, 6) is -15.6. The molecule has 2 aromatic carbocycles. The van der Waals surface area contributed by atoms with E-state index in [1.54, 1.807) is 88.4 Å². The summed E-state index contributed by atoms with van der Waals surface area (Å²) >= 11 is 4.48. The first-order chi connectivity index (χ1) is 44.7. The molecule has 0 radical (unpaired) electrons. The molecule has 27 nitrogen and oxygen atoms in total. The first-order valence-electron chi connectivity index (χ1n) is 32.8. The number of carbonyl (C=O) groups excluding carboxylic acids is 9. The van der Waals surface area contributed by atoms with E-state index in [0.717, 1.165) is 64.2 Å². The van der Waals surface area contributed by atoms with Crippen molar-refractivity contribution in [2.75, 3.05) is 12.3 Å². The molecule has 518 valence electrons. The predicted octanol–water partition coefficient (Wildman–Crippen LogP) is 2.88. The van der Waals surface area contributed by atoms with E-state index in [1.165, 1.54) is 4.90 Å². The normalized spacial score (nSPS) is 18.4. The number of carbonyl (C=O) groups is 13. The van der Waals surface area contributed by atoms with E-state index in [0.29, 0.717) is 24.0 Å². The predicted molar refractivity (Wildman–Crippen MR) is 347 cm³/mol. The fourth-order valence-corrected chi connectivity index (χ4v) is 12.8. The maximum Gasteiger partial charge on any atom is 0.326 e. The Hall–Kier alpha value is -8.14. The lowest BCUT2D eigenvalue weighted by Gasteiger charge is -2.34. The Kier molecular flexibility index (Phi) is 31.2. The largest absolute Gasteiger partial charge is 0.481 e. The minimum atomic E-state index is -1.72. The Bertz CT molecular complexity index is 2890. The van der Waals surface area contributed by atoms with Crippen molar-refractivity contribution < 1.29 is 82.8 Å². The zero-order valence-electron chi connectivity index (χ0n) is 54.1. The van der Waals surface area contributed by atoms with Crippen molar-refractivity contribution in [3.05, 3.63) is 71.8 Å². The second kappa shape index (κ2) is 38.3. The number of carboxylic acids is 4. The monoisotopic (exact) mass is 1330 g/mol. The number of likely N-dealkylation sites (tertiary alicyclic amines) is 1. The standard InChI is InChI=1S/C66H96N10O17S/c1-5-38(4)55(74-64(90)56(54(41-23-14-8-15-24-41)42-25-16-9-17-26-42)75-58(84)44(28-29-51(77)78)68-57(83)43(67)34-52(79)80)63(89)71-46(33-40-21-12-7-13-22-40)60(86)73-49(36-94)65(91)76-30-18-27-50(76)62(88)70-45(32-39-19-10-6-11-20-39)59(85)69-47(35-53(81)82)61(87)72-48(66(92)93)31-37(2)3/h8-9,14-17,23-26,37-40,43-50,54-56,94H,5-7,10-13,18-22,27-36,67H2,1-4H3,(H,68,83)(H,69,85)(H,70,88)(H,71,89)(H,72,87)(H,73,86)(H,74,90)(H,75,84)(H,77,78)(H,79,80)(H,81,82)(H,92,93)/t38-,43-,44-,45-,46-,47-,48-,49-,50-,55-,56-/m0/s1. The summed E-state index contributed by atoms with van der Waals surface area (Å²) in [6.07, 6.45) is 6.47. The molecule has 94 heavy (non-hydrogen) atoms. The van der Waals surface area contributed by atoms with E-state index in [4.69, 9.17) is 5.73 Å². The third-order valence-electron chi connectivity index (χ3n) is 17.9. The number of nitrogens with two attached hydrogens (primary N) is 1. The summed E-state index contributed by atoms with van der Waals surface area (Å²) in [6, 6.07) is 2.69. The van der Waals surface area contributed by atoms with Crippen molar-refractivity contribution in [2.24, 2.45) is 29.4 Å². The van der Waals surface area contributed by atoms with Crippen molar-refractivity contribution >= 4 is 89.7 Å². The molecule has 2 saturated carbocycles. The molecule has 0 unspecified atom stereocenters. The highest BCUT2D eigenvalue weighted by Gasteiger charge is 2.43. The SMILES string of the molecule is CC[C@H](C)[C@H](NC(=O)[C@@H](NC(=O)[C@H](CCC(=O)O)NC(=O)[C@@H](N)CC(=O)O)C(c1ccccc1)c1ccccc1)C(=O)N[C@@H](CC1CCCCC1)C(=O)N[C@@H](CS)C(=O)N1CCC[C@H]1C(=O)N[C@@H](CC1CCCCC1)C(=O)N[C@@H](CC(=O)O)C(=O)N[C@@H](CC(C)C)C(=O)O. The minimum absolute atomic E-state index is 0.0215. The summed E-state index contributed by atoms with van der Waals surface area (Å²) in [7, 11) is 0. The van der Waals surface area contributed by atoms with Crippen LogP contribution in [0.4, 0.5) is 0 Å². The number of nitrogens with one attached hydrogen (secondary N) is 8. The van der Waals surface area contributed by atoms with E-state index in [2.05, 4.69) is 55.2 Å². The zero-order valence-corrected chi connectivity index (χ0v) is 55.0. The van der Waals surface area contributed by atoms with Crippen LogP contribution in [-0.4, -0.2) is 175 Å². The van der Waals surface area contributed by atoms with Gasteiger partial charge in [-0.15, -0.1) is 0 Å². The second-order valence-corrected chi connectivity index (χ2v) is 25.9. The molecule has 1 saturated heterocycles. The Morgan fingerprint density at radius 3 is 1.46 bits per heavy atom. The number of amides is 9. The van der Waals surface area contributed by atoms with E-state index in [-0.39, 0.29) is 55.7 Å². The fraction of sp³-hybridized carbons (Fsp3) is 0.621. The molecule has 9 amide bonds. The van der Waals surface area contributed by atoms with Gasteiger partial charge in [0.05, 0.1) is 18.9 Å². The highest BCUT2D eigenvalue weighted by Crippen LogP contribution is 2.32. The Labute approximate surface area is 553 Å². The lowest BCUT2D eigenvalue weighted by atomic mass is 9.83. The van der Waals surface area contributed by atoms with Crippen LogP contribution in [0.3, 0.4) is 0 Å². The Morgan fingerprint density at radius 2 is 0.968 bits per heavy atom. The van der Waals surface area contributed by atoms with Gasteiger partial charge in [0.1, 0.15) is 54.4 Å². The van der Waals surface area contributed by atoms with Crippen molar-refractivity contribution in [1.29, 1.82) is 0 Å². The van der Waals surface area contributed by atoms with Gasteiger partial charge < -0.3 is 73.6 Å². The maximum atomic E-state index is 15.3. The van der Waals surface area contributed by atoms with Crippen LogP contribution in [0.25, 0.3) is 0 Å². The number of rotatable bonds is 37. The van der Waals surface area contributed by atoms with Gasteiger partial charge >= 0.3 is 23.9 Å². The molecule has 0 spiro atoms. The molecule has 3 aliphatic rings. The number of aliphatic carboxylic acids is 4. The van der Waals surface area contributed by atoms with Crippen molar-refractivity contribution in [1.82, 2.24) is 47.4 Å². The number of carboxylic acid groups (broad SMARTS) is 4. The number of hydrogen-bond acceptors (Lipinski definition) is 15. The number of benzene rings is 2. The zero-order chi connectivity index (χ0) is 69.2. The molecule has 0 aromatic heterocycles. The highest BCUT2D eigenvalue weighted by atomic mass is 32.1. The van der Waals surface area contributed by atoms with E-state index in [1.807, 2.05) is 0 Å². The number of nitrogens with zero attached hydrogens (tertiary/aromatic N) is 1. The molecule has 5 rings (SSSR count). The number of thiol groups is 1. The van der Waals surface area contributed by atoms with Gasteiger partial charge in [0.15, 0.2) is 0 Å². The van der Waals surface area contributed by atoms with Gasteiger partial charge in [0.25, 0.3) is 0 Å². The quantitative estimate of drug-likeness (QED) is 0.0432. The van der Waals surface area contributed by atoms with Crippen LogP contribution in [-0.2, 0) is 62.3 Å². The fourth-order valence-electron chi connectivity index (χ4n) is 12.6. The molecule has 14 N–H and O–H groups in total. The molecule has 3 fully saturated rings. The molecule has 1 aliphatic heterocycles. The van der Waals surface area contributed by atoms with E-state index in [9.17, 15) is 73.2 Å². The van der Waals surface area contributed by atoms with E-state index < -0.39 is 175 Å². The molecular weight excluding hydrogens is 1240 g/mol. The van der Waals surface area contributed by atoms with Gasteiger partial charge in [-0.2, -0.15) is 12.6 Å². The van der Waals surface area contributed by atoms with Gasteiger partial charge in [0, 0.05) is 24.6 Å². The van der Waals surface area contributed by atoms with Gasteiger partial charge in [-0.1, -0.05) is 159 Å². The second-order valence-electron chi connectivity index (χ2n) is 25.6. The van der Waals surface area contributed by atoms with Crippen LogP contribution in [0.15, 0.2) is 60.7 Å². The average molecular weight is 1330 g/mol. The summed E-state index contributed by atoms with van der Waals surface area (Å²) < 4.78 is 0. The smallest absolute Gasteiger partial charge is 0.326 e. The van der Waals surface area contributed by atoms with Gasteiger partial charge in [0.2, 0.25) is 53.2 Å². The molecule has 2 aromatic rings. The average Bonchev–Trinajstić information content (AvgIpc) is 1.04. The van der Waals surface area contributed by atoms with Gasteiger partial charge in [-0.05, 0) is 73.3 Å². The van der Waals surface area contributed by atoms with E-state index >= 15 is 9.59 Å². The van der Waals surface area contributed by atoms with Crippen molar-refractivity contribution in [3.63, 3.8) is 0 Å². The summed E-state index contributed by atoms with van der Waals surface area (Å²) in [4.78, 5) is 179. The van der Waals surface area contributed by atoms with Gasteiger partial charge in [-0.25, -0.2) is 4.79 Å².